The second-order valence-electron chi connectivity index (χ2n) is 5.08. The number of nitrogens with zero attached hydrogens (tertiary/aromatic N) is 2. The predicted octanol–water partition coefficient (Wildman–Crippen LogP) is 5.36. The molecule has 1 aromatic heterocycles. The Morgan fingerprint density at radius 2 is 1.79 bits per heavy atom. The van der Waals surface area contributed by atoms with Crippen LogP contribution in [0.15, 0.2) is 63.7 Å². The van der Waals surface area contributed by atoms with Crippen LogP contribution in [0.3, 0.4) is 0 Å². The van der Waals surface area contributed by atoms with E-state index in [9.17, 15) is 4.79 Å². The zero-order chi connectivity index (χ0) is 17.1. The molecule has 24 heavy (non-hydrogen) atoms. The van der Waals surface area contributed by atoms with Crippen molar-refractivity contribution in [3.63, 3.8) is 0 Å². The molecule has 2 aromatic carbocycles. The fourth-order valence-electron chi connectivity index (χ4n) is 2.16. The number of carbonyl (C=O) groups excluding carboxylic acids is 1. The average molecular weight is 470 g/mol. The van der Waals surface area contributed by atoms with E-state index in [0.29, 0.717) is 22.9 Å². The van der Waals surface area contributed by atoms with Gasteiger partial charge in [0.25, 0.3) is 5.91 Å². The number of carbonyl (C=O) groups is 1. The Balaban J connectivity index is 1.75. The largest absolute Gasteiger partial charge is 0.304 e. The van der Waals surface area contributed by atoms with E-state index in [0.717, 1.165) is 14.5 Å². The number of halogens is 3. The lowest BCUT2D eigenvalue weighted by molar-refractivity contribution is 0.102. The summed E-state index contributed by atoms with van der Waals surface area (Å²) in [6.07, 6.45) is 1.82. The Kier molecular flexibility index (Phi) is 5.38. The molecule has 0 bridgehead atoms. The van der Waals surface area contributed by atoms with Gasteiger partial charge in [-0.2, -0.15) is 5.10 Å². The monoisotopic (exact) mass is 467 g/mol. The molecule has 0 fully saturated rings. The lowest BCUT2D eigenvalue weighted by Crippen LogP contribution is -2.13. The van der Waals surface area contributed by atoms with Crippen molar-refractivity contribution in [2.45, 2.75) is 6.54 Å². The van der Waals surface area contributed by atoms with Gasteiger partial charge in [0.15, 0.2) is 5.82 Å². The number of anilines is 1. The van der Waals surface area contributed by atoms with Crippen molar-refractivity contribution < 1.29 is 4.79 Å². The van der Waals surface area contributed by atoms with Gasteiger partial charge >= 0.3 is 0 Å². The number of hydrogen-bond donors (Lipinski definition) is 1. The van der Waals surface area contributed by atoms with Gasteiger partial charge in [0, 0.05) is 15.7 Å². The molecular formula is C17H12Br2ClN3O. The van der Waals surface area contributed by atoms with Gasteiger partial charge in [-0.3, -0.25) is 9.48 Å². The first-order valence-electron chi connectivity index (χ1n) is 7.06. The van der Waals surface area contributed by atoms with Crippen LogP contribution in [-0.4, -0.2) is 15.7 Å². The zero-order valence-corrected chi connectivity index (χ0v) is 16.3. The second kappa shape index (κ2) is 7.51. The van der Waals surface area contributed by atoms with Crippen molar-refractivity contribution in [3.8, 4) is 0 Å². The van der Waals surface area contributed by atoms with Crippen LogP contribution in [0.1, 0.15) is 15.9 Å². The van der Waals surface area contributed by atoms with E-state index in [1.165, 1.54) is 0 Å². The summed E-state index contributed by atoms with van der Waals surface area (Å²) in [6.45, 7) is 0.584. The zero-order valence-electron chi connectivity index (χ0n) is 12.3. The molecule has 3 aromatic rings. The van der Waals surface area contributed by atoms with E-state index < -0.39 is 0 Å². The molecule has 0 radical (unpaired) electrons. The second-order valence-corrected chi connectivity index (χ2v) is 7.23. The number of nitrogens with one attached hydrogen (secondary N) is 1. The van der Waals surface area contributed by atoms with Crippen LogP contribution in [0.2, 0.25) is 5.02 Å². The molecule has 1 N–H and O–H groups in total. The Morgan fingerprint density at radius 1 is 1.08 bits per heavy atom. The maximum absolute atomic E-state index is 12.4. The maximum atomic E-state index is 12.4. The molecule has 122 valence electrons. The molecule has 1 heterocycles. The summed E-state index contributed by atoms with van der Waals surface area (Å²) >= 11 is 12.7. The van der Waals surface area contributed by atoms with E-state index in [4.69, 9.17) is 11.6 Å². The molecule has 0 aliphatic heterocycles. The van der Waals surface area contributed by atoms with Crippen molar-refractivity contribution in [1.82, 2.24) is 9.78 Å². The summed E-state index contributed by atoms with van der Waals surface area (Å²) in [5.74, 6) is 0.254. The Labute approximate surface area is 161 Å². The summed E-state index contributed by atoms with van der Waals surface area (Å²) in [6, 6.07) is 14.8. The van der Waals surface area contributed by atoms with E-state index in [-0.39, 0.29) is 5.91 Å². The van der Waals surface area contributed by atoms with E-state index in [2.05, 4.69) is 42.3 Å². The van der Waals surface area contributed by atoms with E-state index >= 15 is 0 Å². The van der Waals surface area contributed by atoms with Gasteiger partial charge < -0.3 is 5.32 Å². The SMILES string of the molecule is O=C(Nc1nn(Cc2ccc(Cl)cc2)cc1Br)c1ccccc1Br. The average Bonchev–Trinajstić information content (AvgIpc) is 2.89. The quantitative estimate of drug-likeness (QED) is 0.559. The molecule has 0 saturated carbocycles. The van der Waals surface area contributed by atoms with Gasteiger partial charge in [0.1, 0.15) is 0 Å². The third-order valence-electron chi connectivity index (χ3n) is 3.33. The number of benzene rings is 2. The van der Waals surface area contributed by atoms with E-state index in [1.807, 2.05) is 48.7 Å². The van der Waals surface area contributed by atoms with Crippen LogP contribution < -0.4 is 5.32 Å². The third-order valence-corrected chi connectivity index (χ3v) is 4.85. The van der Waals surface area contributed by atoms with Gasteiger partial charge in [-0.15, -0.1) is 0 Å². The van der Waals surface area contributed by atoms with Crippen LogP contribution in [0.25, 0.3) is 0 Å². The summed E-state index contributed by atoms with van der Waals surface area (Å²) in [4.78, 5) is 12.4. The summed E-state index contributed by atoms with van der Waals surface area (Å²) in [7, 11) is 0. The Bertz CT molecular complexity index is 878. The van der Waals surface area contributed by atoms with Crippen LogP contribution in [0, 0.1) is 0 Å². The molecule has 0 aliphatic rings. The van der Waals surface area contributed by atoms with Crippen molar-refractivity contribution in [2.75, 3.05) is 5.32 Å². The van der Waals surface area contributed by atoms with Gasteiger partial charge in [0.05, 0.1) is 16.6 Å². The molecule has 0 aliphatic carbocycles. The van der Waals surface area contributed by atoms with Crippen molar-refractivity contribution in [3.05, 3.63) is 79.8 Å². The maximum Gasteiger partial charge on any atom is 0.258 e. The van der Waals surface area contributed by atoms with Gasteiger partial charge in [-0.25, -0.2) is 0 Å². The highest BCUT2D eigenvalue weighted by Crippen LogP contribution is 2.23. The minimum absolute atomic E-state index is 0.222. The number of aromatic nitrogens is 2. The lowest BCUT2D eigenvalue weighted by atomic mass is 10.2. The van der Waals surface area contributed by atoms with Gasteiger partial charge in [-0.05, 0) is 61.7 Å². The molecule has 0 unspecified atom stereocenters. The molecule has 7 heteroatoms. The van der Waals surface area contributed by atoms with E-state index in [1.54, 1.807) is 10.7 Å². The highest BCUT2D eigenvalue weighted by atomic mass is 79.9. The van der Waals surface area contributed by atoms with Crippen LogP contribution >= 0.6 is 43.5 Å². The molecule has 0 saturated heterocycles. The molecule has 1 amide bonds. The normalized spacial score (nSPS) is 10.6. The first-order chi connectivity index (χ1) is 11.5. The van der Waals surface area contributed by atoms with Gasteiger partial charge in [-0.1, -0.05) is 35.9 Å². The number of rotatable bonds is 4. The highest BCUT2D eigenvalue weighted by molar-refractivity contribution is 9.11. The standard InChI is InChI=1S/C17H12Br2ClN3O/c18-14-4-2-1-3-13(14)17(24)21-16-15(19)10-23(22-16)9-11-5-7-12(20)8-6-11/h1-8,10H,9H2,(H,21,22,24). The molecule has 0 atom stereocenters. The lowest BCUT2D eigenvalue weighted by Gasteiger charge is -2.05. The predicted molar refractivity (Wildman–Crippen MR) is 103 cm³/mol. The molecule has 0 spiro atoms. The summed E-state index contributed by atoms with van der Waals surface area (Å²) < 4.78 is 3.21. The fourth-order valence-corrected chi connectivity index (χ4v) is 3.17. The number of amides is 1. The topological polar surface area (TPSA) is 46.9 Å². The van der Waals surface area contributed by atoms with Gasteiger partial charge in [0.2, 0.25) is 0 Å². The van der Waals surface area contributed by atoms with Crippen molar-refractivity contribution in [1.29, 1.82) is 0 Å². The summed E-state index contributed by atoms with van der Waals surface area (Å²) in [5, 5.41) is 7.92. The smallest absolute Gasteiger partial charge is 0.258 e. The first kappa shape index (κ1) is 17.2. The van der Waals surface area contributed by atoms with Crippen molar-refractivity contribution >= 4 is 55.2 Å². The summed E-state index contributed by atoms with van der Waals surface area (Å²) in [5.41, 5.74) is 1.62. The highest BCUT2D eigenvalue weighted by Gasteiger charge is 2.14. The number of hydrogen-bond acceptors (Lipinski definition) is 2. The van der Waals surface area contributed by atoms with Crippen molar-refractivity contribution in [2.24, 2.45) is 0 Å². The minimum Gasteiger partial charge on any atom is -0.304 e. The fraction of sp³-hybridized carbons (Fsp3) is 0.0588. The Hall–Kier alpha value is -1.63. The molecule has 4 nitrogen and oxygen atoms in total. The first-order valence-corrected chi connectivity index (χ1v) is 9.02. The Morgan fingerprint density at radius 3 is 2.50 bits per heavy atom. The molecular weight excluding hydrogens is 457 g/mol. The molecule has 3 rings (SSSR count). The van der Waals surface area contributed by atoms with Crippen LogP contribution in [-0.2, 0) is 6.54 Å². The van der Waals surface area contributed by atoms with Crippen LogP contribution in [0.4, 0.5) is 5.82 Å². The third kappa shape index (κ3) is 4.06. The van der Waals surface area contributed by atoms with Crippen LogP contribution in [0.5, 0.6) is 0 Å². The minimum atomic E-state index is -0.222.